The molecule has 56 heteroatoms. The molecule has 14 heterocycles. The number of phosphoric acid groups is 2. The quantitative estimate of drug-likeness (QED) is 0.0147. The highest BCUT2D eigenvalue weighted by Crippen LogP contribution is 2.58. The van der Waals surface area contributed by atoms with Gasteiger partial charge in [-0.3, -0.25) is 94.8 Å². The highest BCUT2D eigenvalue weighted by molar-refractivity contribution is 8.02. The van der Waals surface area contributed by atoms with E-state index in [1.165, 1.54) is 28.1 Å². The van der Waals surface area contributed by atoms with Gasteiger partial charge in [0.25, 0.3) is 22.9 Å². The molecule has 5 aliphatic heterocycles. The van der Waals surface area contributed by atoms with Crippen LogP contribution in [0, 0.1) is 34.5 Å². The first-order valence-electron chi connectivity index (χ1n) is 40.0. The fourth-order valence-electron chi connectivity index (χ4n) is 13.3. The number of carboxylic acid groups (broad SMARTS) is 1. The summed E-state index contributed by atoms with van der Waals surface area (Å²) in [5, 5.41) is 48.2. The zero-order chi connectivity index (χ0) is 93.4. The normalized spacial score (nSPS) is 24.8. The summed E-state index contributed by atoms with van der Waals surface area (Å²) in [6.45, 7) is 4.79. The van der Waals surface area contributed by atoms with Crippen molar-refractivity contribution in [3.63, 3.8) is 0 Å². The Morgan fingerprint density at radius 1 is 0.687 bits per heavy atom. The summed E-state index contributed by atoms with van der Waals surface area (Å²) in [6, 6.07) is 26.3. The van der Waals surface area contributed by atoms with Crippen LogP contribution < -0.4 is 43.5 Å². The topological polar surface area (TPSA) is 659 Å². The van der Waals surface area contributed by atoms with Crippen LogP contribution in [0.4, 0.5) is 37.1 Å². The van der Waals surface area contributed by atoms with Gasteiger partial charge in [-0.05, 0) is 30.9 Å². The van der Waals surface area contributed by atoms with Crippen LogP contribution in [0.1, 0.15) is 99.0 Å². The molecule has 0 aliphatic carbocycles. The molecule has 0 spiro atoms. The molecule has 5 aliphatic rings. The van der Waals surface area contributed by atoms with Crippen LogP contribution in [0.25, 0.3) is 44.7 Å². The molecule has 5 fully saturated rings. The van der Waals surface area contributed by atoms with Crippen molar-refractivity contribution in [1.82, 2.24) is 84.2 Å². The Morgan fingerprint density at radius 2 is 1.21 bits per heavy atom. The number of benzene rings is 2. The average Bonchev–Trinajstić information content (AvgIpc) is 1.61. The number of halogens is 2. The Kier molecular flexibility index (Phi) is 33.4. The van der Waals surface area contributed by atoms with E-state index in [4.69, 9.17) is 66.4 Å². The zero-order valence-electron chi connectivity index (χ0n) is 70.7. The minimum atomic E-state index is -4.93. The number of nitrogens with zero attached hydrogens (tertiary/aromatic N) is 16. The summed E-state index contributed by atoms with van der Waals surface area (Å²) < 4.78 is 148. The van der Waals surface area contributed by atoms with Crippen molar-refractivity contribution >= 4 is 139 Å². The molecule has 131 heavy (non-hydrogen) atoms. The monoisotopic (exact) mass is 1920 g/mol. The van der Waals surface area contributed by atoms with Crippen LogP contribution >= 0.6 is 41.4 Å². The standard InChI is InChI=1S/C35H37FN11O13P.C34H36FN11O12P2.C5H5N.CH6P2.H3N/c1-17(2)29(49)44-34-43-28-24(31(51)45-34)41-16-47(28)33-25(22(36)21(12-48)58-33)60-61(54,55-10-6-9-37)56-13-19-11-20(59-35(52)53)32(57-19)46-15-40-23-26(38-14-39-27(23)46)42-30(50)18-7-4-3-5-8-18;1-17(2)29(47)43-34-42-28-24(31(49)44-34)40-16-46(28)33-25-22(35)21(56-33)13-52-59(50)57-20-11-19(12-54-60(51,58-25)53-10-6-9-36)55-32(20)45-15-39-23-26(37-14-38-27(23)45)41-30(48)18-7-4-3-5-8-18;1-2-4-6-5-3-1;1-3-2;/h3-5,7-8,14-17,19-22,25,32-33,48H,6,10-13H2,1-2H3,(H,52,53)(H,38,39,42,50)(H2,43,44,45,49,51);3-5,7-8,14-17,19-22,25,32-33,50H,6,10-13H2,1-2H3,(H,37,38,41,48)(H2,42,43,44,47,49);1-5H;3H,2H2,1H3;1H3/p+1/t19-,20+,21+,22+,25+,32+,33+,61?;19-,20+,21+,22+,25+,32+,33+,59?,60?;;;/m00.../s1/i;;;3D;. The number of aliphatic hydroxyl groups excluding tert-OH is 1. The number of aliphatic hydroxyl groups is 1. The SMILES string of the molecule is CC(C)C(=O)Nc1nc2c(ncn2[C@@H]2O[C@@H]3COP(O)O[C@@H]4C[C@@H](COP(=O)(OCCC#N)O[C@@H]2[C@@H]3F)O[C@H]4n2cnc3c(NC(=O)c4ccccc4)ncnc32)c(=O)[nH]1.CC(C)C(=O)Nc1nc2c(ncn2[C@@H]2O[C@H](CO)[C@@H](F)[C@H]2OP(=O)(OCCC#N)OC[C@@H]2C[C@@H](OC(=O)O)[C@H](n3cnc4c(NC(=O)c5ccccc5)ncnc43)O2)c(=O)[nH]1.N.[2H]P(C)P.c1cc[nH+]cc1. The Hall–Kier alpha value is -11.5. The highest BCUT2D eigenvalue weighted by Gasteiger charge is 2.55. The fourth-order valence-corrected chi connectivity index (χ4v) is 16.9. The molecule has 4 amide bonds. The van der Waals surface area contributed by atoms with E-state index in [9.17, 15) is 63.1 Å². The number of nitriles is 2. The second-order valence-electron chi connectivity index (χ2n) is 29.0. The van der Waals surface area contributed by atoms with E-state index in [2.05, 4.69) is 95.0 Å². The number of imidazole rings is 4. The molecule has 9 aromatic heterocycles. The molecular formula is C75H88F2N24O25P5+. The van der Waals surface area contributed by atoms with Crippen molar-refractivity contribution in [3.8, 4) is 12.1 Å². The number of aromatic amines is 3. The summed E-state index contributed by atoms with van der Waals surface area (Å²) in [5.41, 5.74) is -0.895. The molecule has 49 nitrogen and oxygen atoms in total. The Balaban J connectivity index is 0.000000214. The van der Waals surface area contributed by atoms with Crippen molar-refractivity contribution in [2.24, 2.45) is 11.8 Å². The molecule has 4 bridgehead atoms. The summed E-state index contributed by atoms with van der Waals surface area (Å²) in [5.74, 6) is -3.12. The number of pyridine rings is 1. The molecular weight excluding hydrogens is 1830 g/mol. The number of anilines is 4. The molecule has 11 aromatic rings. The van der Waals surface area contributed by atoms with Crippen LogP contribution in [0.15, 0.2) is 139 Å². The van der Waals surface area contributed by atoms with E-state index in [1.54, 1.807) is 88.4 Å². The maximum Gasteiger partial charge on any atom is 0.506 e. The lowest BCUT2D eigenvalue weighted by Gasteiger charge is -2.26. The van der Waals surface area contributed by atoms with Crippen LogP contribution in [0.2, 0.25) is 0 Å². The summed E-state index contributed by atoms with van der Waals surface area (Å²) >= 11 is 0. The Morgan fingerprint density at radius 3 is 1.72 bits per heavy atom. The van der Waals surface area contributed by atoms with E-state index in [1.807, 2.05) is 49.4 Å². The number of ether oxygens (including phenoxy) is 5. The lowest BCUT2D eigenvalue weighted by atomic mass is 10.1. The van der Waals surface area contributed by atoms with Gasteiger partial charge in [0.15, 0.2) is 112 Å². The smallest absolute Gasteiger partial charge is 0.450 e. The number of alkyl halides is 2. The molecule has 19 atom stereocenters. The number of rotatable bonds is 25. The van der Waals surface area contributed by atoms with Gasteiger partial charge in [-0.1, -0.05) is 70.2 Å². The first-order chi connectivity index (χ1) is 62.9. The van der Waals surface area contributed by atoms with Crippen molar-refractivity contribution in [1.29, 1.82) is 11.8 Å². The van der Waals surface area contributed by atoms with Crippen molar-refractivity contribution in [3.05, 3.63) is 161 Å². The number of H-pyrrole nitrogens is 3. The molecule has 2 aromatic carbocycles. The fraction of sp³-hybridized carbons (Fsp3) is 0.413. The molecule has 696 valence electrons. The molecule has 16 rings (SSSR count). The van der Waals surface area contributed by atoms with Gasteiger partial charge in [-0.25, -0.2) is 67.6 Å². The van der Waals surface area contributed by atoms with E-state index < -0.39 is 211 Å². The molecule has 13 N–H and O–H groups in total. The van der Waals surface area contributed by atoms with Gasteiger partial charge in [0, 0.05) is 47.9 Å². The number of carbonyl (C=O) groups is 5. The first-order valence-corrected chi connectivity index (χ1v) is 46.5. The number of hydrogen-bond acceptors (Lipinski definition) is 37. The molecule has 5 unspecified atom stereocenters. The average molecular weight is 1920 g/mol. The number of fused-ring (bicyclic) bond motifs is 8. The summed E-state index contributed by atoms with van der Waals surface area (Å²) in [4.78, 5) is 149. The maximum absolute atomic E-state index is 16.5. The lowest BCUT2D eigenvalue weighted by molar-refractivity contribution is -0.378. The van der Waals surface area contributed by atoms with Gasteiger partial charge in [0.2, 0.25) is 23.7 Å². The van der Waals surface area contributed by atoms with Gasteiger partial charge >= 0.3 is 30.4 Å². The third kappa shape index (κ3) is 23.9. The van der Waals surface area contributed by atoms with Gasteiger partial charge in [0.05, 0.1) is 103 Å². The number of nitrogens with one attached hydrogen (secondary N) is 7. The Bertz CT molecular complexity index is 6140. The lowest BCUT2D eigenvalue weighted by Crippen LogP contribution is -2.33. The minimum absolute atomic E-state index is 0. The number of carbonyl (C=O) groups excluding carboxylic acids is 4. The van der Waals surface area contributed by atoms with Gasteiger partial charge < -0.3 is 64.6 Å². The second-order valence-corrected chi connectivity index (χ2v) is 35.3. The molecule has 0 saturated carbocycles. The van der Waals surface area contributed by atoms with Gasteiger partial charge in [-0.2, -0.15) is 20.5 Å². The first kappa shape index (κ1) is 97.1. The molecule has 5 saturated heterocycles. The summed E-state index contributed by atoms with van der Waals surface area (Å²) in [7, 11) is -10.5. The predicted molar refractivity (Wildman–Crippen MR) is 458 cm³/mol. The van der Waals surface area contributed by atoms with Crippen LogP contribution in [0.5, 0.6) is 0 Å². The third-order valence-corrected chi connectivity index (χ3v) is 23.2. The third-order valence-electron chi connectivity index (χ3n) is 19.4. The van der Waals surface area contributed by atoms with E-state index in [-0.39, 0.29) is 100 Å². The van der Waals surface area contributed by atoms with Crippen LogP contribution in [-0.2, 0) is 78.6 Å². The highest BCUT2D eigenvalue weighted by atomic mass is 32.0. The molecule has 0 radical (unpaired) electrons. The number of hydrogen-bond donors (Lipinski definition) is 10. The summed E-state index contributed by atoms with van der Waals surface area (Å²) in [6.07, 6.45) is -12.3. The van der Waals surface area contributed by atoms with E-state index >= 15 is 8.78 Å². The predicted octanol–water partition coefficient (Wildman–Crippen LogP) is 7.98. The van der Waals surface area contributed by atoms with Crippen molar-refractivity contribution in [2.75, 3.05) is 67.6 Å². The Labute approximate surface area is 746 Å². The number of phosphoric ester groups is 2. The van der Waals surface area contributed by atoms with Crippen LogP contribution in [-0.4, -0.2) is 232 Å². The van der Waals surface area contributed by atoms with E-state index in [0.29, 0.717) is 11.1 Å². The van der Waals surface area contributed by atoms with Crippen LogP contribution in [0.3, 0.4) is 0 Å². The maximum atomic E-state index is 16.5. The number of amides is 4. The minimum Gasteiger partial charge on any atom is -0.450 e. The van der Waals surface area contributed by atoms with Crippen molar-refractivity contribution in [2.45, 2.75) is 139 Å². The largest absolute Gasteiger partial charge is 0.506 e. The second kappa shape index (κ2) is 45.1. The van der Waals surface area contributed by atoms with Gasteiger partial charge in [0.1, 0.15) is 43.2 Å². The zero-order valence-corrected chi connectivity index (χ0v) is 74.5. The van der Waals surface area contributed by atoms with Gasteiger partial charge in [-0.15, -0.1) is 17.1 Å². The van der Waals surface area contributed by atoms with E-state index in [0.717, 1.165) is 28.1 Å². The number of aromatic nitrogens is 17. The van der Waals surface area contributed by atoms with Crippen molar-refractivity contribution < 1.29 is 122 Å².